The van der Waals surface area contributed by atoms with Gasteiger partial charge in [0, 0.05) is 0 Å². The van der Waals surface area contributed by atoms with Gasteiger partial charge in [0.25, 0.3) is 0 Å². The Morgan fingerprint density at radius 2 is 1.41 bits per heavy atom. The molecule has 0 aromatic heterocycles. The molecule has 0 heterocycles. The summed E-state index contributed by atoms with van der Waals surface area (Å²) in [4.78, 5) is 0. The lowest BCUT2D eigenvalue weighted by molar-refractivity contribution is -0.249. The van der Waals surface area contributed by atoms with Gasteiger partial charge in [0.1, 0.15) is 5.82 Å². The van der Waals surface area contributed by atoms with Gasteiger partial charge in [0.05, 0.1) is 12.2 Å². The molecular weight excluding hydrogens is 517 g/mol. The van der Waals surface area contributed by atoms with Gasteiger partial charge < -0.3 is 4.74 Å². The highest BCUT2D eigenvalue weighted by Crippen LogP contribution is 2.40. The minimum atomic E-state index is -3.65. The van der Waals surface area contributed by atoms with Crippen LogP contribution in [0.15, 0.2) is 54.6 Å². The quantitative estimate of drug-likeness (QED) is 0.163. The van der Waals surface area contributed by atoms with Crippen molar-refractivity contribution in [1.29, 1.82) is 0 Å². The Kier molecular flexibility index (Phi) is 12.4. The zero-order valence-electron chi connectivity index (χ0n) is 25.4. The number of halogens is 3. The van der Waals surface area contributed by atoms with Gasteiger partial charge in [0.15, 0.2) is 0 Å². The number of benzene rings is 2. The molecule has 1 nitrogen and oxygen atoms in total. The molecule has 4 heteroatoms. The van der Waals surface area contributed by atoms with Crippen molar-refractivity contribution in [3.8, 4) is 0 Å². The third-order valence-electron chi connectivity index (χ3n) is 9.79. The van der Waals surface area contributed by atoms with Crippen molar-refractivity contribution in [2.24, 2.45) is 11.8 Å². The first-order valence-corrected chi connectivity index (χ1v) is 16.4. The summed E-state index contributed by atoms with van der Waals surface area (Å²) in [6.45, 7) is 4.14. The summed E-state index contributed by atoms with van der Waals surface area (Å²) in [5, 5.41) is 0. The fourth-order valence-electron chi connectivity index (χ4n) is 7.10. The molecule has 2 aromatic rings. The molecule has 0 radical (unpaired) electrons. The number of allylic oxidation sites excluding steroid dienone is 2. The smallest absolute Gasteiger partial charge is 0.316 e. The van der Waals surface area contributed by atoms with Crippen LogP contribution in [0.1, 0.15) is 138 Å². The molecule has 226 valence electrons. The predicted molar refractivity (Wildman–Crippen MR) is 164 cm³/mol. The van der Waals surface area contributed by atoms with Gasteiger partial charge in [-0.15, -0.1) is 0 Å². The normalized spacial score (nSPS) is 23.7. The van der Waals surface area contributed by atoms with Crippen LogP contribution in [0.4, 0.5) is 13.2 Å². The summed E-state index contributed by atoms with van der Waals surface area (Å²) >= 11 is 0. The number of hydrogen-bond donors (Lipinski definition) is 0. The molecule has 2 aromatic carbocycles. The number of ether oxygens (including phenoxy) is 1. The van der Waals surface area contributed by atoms with Crippen LogP contribution >= 0.6 is 0 Å². The van der Waals surface area contributed by atoms with E-state index in [1.54, 1.807) is 6.07 Å². The molecule has 0 atom stereocenters. The summed E-state index contributed by atoms with van der Waals surface area (Å²) in [7, 11) is 0. The highest BCUT2D eigenvalue weighted by molar-refractivity contribution is 5.29. The van der Waals surface area contributed by atoms with Crippen LogP contribution < -0.4 is 0 Å². The fourth-order valence-corrected chi connectivity index (χ4v) is 7.10. The van der Waals surface area contributed by atoms with Crippen molar-refractivity contribution >= 4 is 0 Å². The maximum Gasteiger partial charge on any atom is 0.386 e. The van der Waals surface area contributed by atoms with Crippen LogP contribution in [-0.2, 0) is 17.3 Å². The molecule has 41 heavy (non-hydrogen) atoms. The molecule has 2 aliphatic carbocycles. The Labute approximate surface area is 247 Å². The highest BCUT2D eigenvalue weighted by Gasteiger charge is 2.36. The van der Waals surface area contributed by atoms with Crippen LogP contribution in [0.5, 0.6) is 0 Å². The Morgan fingerprint density at radius 1 is 0.805 bits per heavy atom. The zero-order valence-corrected chi connectivity index (χ0v) is 25.4. The largest absolute Gasteiger partial charge is 0.386 e. The maximum atomic E-state index is 14.9. The summed E-state index contributed by atoms with van der Waals surface area (Å²) in [6, 6.07) is 12.6. The van der Waals surface area contributed by atoms with Crippen molar-refractivity contribution in [3.63, 3.8) is 0 Å². The Bertz CT molecular complexity index is 1060. The van der Waals surface area contributed by atoms with Gasteiger partial charge in [-0.3, -0.25) is 0 Å². The number of hydrogen-bond acceptors (Lipinski definition) is 1. The second-order valence-electron chi connectivity index (χ2n) is 12.7. The maximum absolute atomic E-state index is 14.9. The third-order valence-corrected chi connectivity index (χ3v) is 9.79. The lowest BCUT2D eigenvalue weighted by Gasteiger charge is -2.29. The molecular formula is C37H51F3O. The van der Waals surface area contributed by atoms with E-state index in [1.807, 2.05) is 19.1 Å². The minimum absolute atomic E-state index is 0.159. The van der Waals surface area contributed by atoms with Crippen molar-refractivity contribution in [2.45, 2.75) is 128 Å². The van der Waals surface area contributed by atoms with Crippen LogP contribution in [0.2, 0.25) is 0 Å². The second-order valence-corrected chi connectivity index (χ2v) is 12.7. The molecule has 0 unspecified atom stereocenters. The van der Waals surface area contributed by atoms with Gasteiger partial charge >= 0.3 is 6.11 Å². The van der Waals surface area contributed by atoms with Crippen LogP contribution in [-0.4, -0.2) is 6.61 Å². The van der Waals surface area contributed by atoms with Crippen molar-refractivity contribution < 1.29 is 17.9 Å². The molecule has 0 aliphatic heterocycles. The van der Waals surface area contributed by atoms with E-state index in [1.165, 1.54) is 75.5 Å². The molecule has 4 rings (SSSR count). The van der Waals surface area contributed by atoms with Crippen molar-refractivity contribution in [1.82, 2.24) is 0 Å². The SMILES string of the molecule is C/C=C/CC[C@H]1CC[C@H](c2ccc(C(F)(F)OCCc3ccc([C@H]4CC[C@H](CCCCC)CC4)cc3)c(F)c2)CC1. The molecule has 2 fully saturated rings. The predicted octanol–water partition coefficient (Wildman–Crippen LogP) is 11.6. The minimum Gasteiger partial charge on any atom is -0.316 e. The summed E-state index contributed by atoms with van der Waals surface area (Å²) in [5.74, 6) is 1.58. The van der Waals surface area contributed by atoms with E-state index < -0.39 is 17.5 Å². The van der Waals surface area contributed by atoms with Gasteiger partial charge in [0.2, 0.25) is 0 Å². The average molecular weight is 569 g/mol. The Balaban J connectivity index is 1.22. The van der Waals surface area contributed by atoms with Crippen molar-refractivity contribution in [3.05, 3.63) is 82.7 Å². The highest BCUT2D eigenvalue weighted by atomic mass is 19.3. The monoisotopic (exact) mass is 568 g/mol. The van der Waals surface area contributed by atoms with Gasteiger partial charge in [-0.2, -0.15) is 8.78 Å². The van der Waals surface area contributed by atoms with E-state index in [0.717, 1.165) is 49.1 Å². The molecule has 0 bridgehead atoms. The fraction of sp³-hybridized carbons (Fsp3) is 0.622. The third kappa shape index (κ3) is 9.46. The van der Waals surface area contributed by atoms with E-state index in [4.69, 9.17) is 4.74 Å². The number of rotatable bonds is 14. The standard InChI is InChI=1S/C37H51F3O/c1-3-5-7-9-28-11-17-31(18-12-28)32-19-15-30(16-20-32)25-26-41-37(39,40)35-24-23-34(27-36(35)38)33-21-13-29(14-22-33)10-8-6-4-2/h4,6,15-16,19-20,23-24,27-29,31,33H,3,5,7-14,17-18,21-22,25-26H2,1-2H3/b6-4+/t28-,29-,31-,33-. The van der Waals surface area contributed by atoms with E-state index in [-0.39, 0.29) is 12.5 Å². The van der Waals surface area contributed by atoms with Crippen molar-refractivity contribution in [2.75, 3.05) is 6.61 Å². The number of alkyl halides is 2. The van der Waals surface area contributed by atoms with Crippen LogP contribution in [0, 0.1) is 17.7 Å². The average Bonchev–Trinajstić information content (AvgIpc) is 2.98. The molecule has 0 spiro atoms. The Morgan fingerprint density at radius 3 is 2.02 bits per heavy atom. The molecule has 0 saturated heterocycles. The van der Waals surface area contributed by atoms with Gasteiger partial charge in [-0.25, -0.2) is 4.39 Å². The molecule has 2 aliphatic rings. The van der Waals surface area contributed by atoms with E-state index in [0.29, 0.717) is 18.3 Å². The van der Waals surface area contributed by atoms with E-state index in [9.17, 15) is 13.2 Å². The lowest BCUT2D eigenvalue weighted by Crippen LogP contribution is -2.22. The molecule has 0 amide bonds. The van der Waals surface area contributed by atoms with Crippen LogP contribution in [0.3, 0.4) is 0 Å². The van der Waals surface area contributed by atoms with Crippen LogP contribution in [0.25, 0.3) is 0 Å². The Hall–Kier alpha value is -2.07. The van der Waals surface area contributed by atoms with E-state index in [2.05, 4.69) is 31.2 Å². The first-order valence-electron chi connectivity index (χ1n) is 16.4. The first kappa shape index (κ1) is 31.9. The second kappa shape index (κ2) is 16.0. The molecule has 2 saturated carbocycles. The number of unbranched alkanes of at least 4 members (excludes halogenated alkanes) is 2. The van der Waals surface area contributed by atoms with E-state index >= 15 is 0 Å². The summed E-state index contributed by atoms with van der Waals surface area (Å²) in [6.07, 6.45) is 18.0. The lowest BCUT2D eigenvalue weighted by atomic mass is 9.77. The van der Waals surface area contributed by atoms with Gasteiger partial charge in [-0.1, -0.05) is 75.1 Å². The topological polar surface area (TPSA) is 9.23 Å². The summed E-state index contributed by atoms with van der Waals surface area (Å²) < 4.78 is 49.6. The van der Waals surface area contributed by atoms with Gasteiger partial charge in [-0.05, 0) is 130 Å². The first-order chi connectivity index (χ1) is 19.9. The summed E-state index contributed by atoms with van der Waals surface area (Å²) in [5.41, 5.74) is 2.49. The molecule has 0 N–H and O–H groups in total. The zero-order chi connectivity index (χ0) is 29.1.